The van der Waals surface area contributed by atoms with Crippen molar-refractivity contribution in [2.24, 2.45) is 11.8 Å². The van der Waals surface area contributed by atoms with E-state index < -0.39 is 117 Å². The maximum absolute atomic E-state index is 14.1. The van der Waals surface area contributed by atoms with Crippen molar-refractivity contribution in [3.63, 3.8) is 0 Å². The molecule has 0 spiro atoms. The third kappa shape index (κ3) is 7.99. The molecule has 2 aromatic rings. The Kier molecular flexibility index (Phi) is 11.2. The molecule has 0 aliphatic rings. The summed E-state index contributed by atoms with van der Waals surface area (Å²) >= 11 is 0. The van der Waals surface area contributed by atoms with Crippen LogP contribution in [0.5, 0.6) is 0 Å². The first-order valence-corrected chi connectivity index (χ1v) is 13.9. The van der Waals surface area contributed by atoms with Crippen LogP contribution < -0.4 is 0 Å². The molecule has 2 N–H and O–H groups in total. The number of rotatable bonds is 11. The number of carboxylic acids is 2. The van der Waals surface area contributed by atoms with Crippen molar-refractivity contribution in [3.8, 4) is 0 Å². The Labute approximate surface area is 239 Å². The number of pyridine rings is 2. The van der Waals surface area contributed by atoms with Gasteiger partial charge in [-0.3, -0.25) is 0 Å². The van der Waals surface area contributed by atoms with Gasteiger partial charge in [-0.25, -0.2) is 37.1 Å². The van der Waals surface area contributed by atoms with E-state index in [0.717, 1.165) is 0 Å². The highest BCUT2D eigenvalue weighted by molar-refractivity contribution is 8.76. The van der Waals surface area contributed by atoms with E-state index in [2.05, 4.69) is 9.97 Å². The molecule has 234 valence electrons. The lowest BCUT2D eigenvalue weighted by Gasteiger charge is -2.23. The molecule has 0 aliphatic carbocycles. The predicted molar refractivity (Wildman–Crippen MR) is 131 cm³/mol. The zero-order chi connectivity index (χ0) is 32.5. The lowest BCUT2D eigenvalue weighted by atomic mass is 9.96. The fraction of sp³-hybridized carbons (Fsp3) is 0.500. The van der Waals surface area contributed by atoms with Crippen LogP contribution in [0.4, 0.5) is 43.9 Å². The molecule has 2 heterocycles. The van der Waals surface area contributed by atoms with Gasteiger partial charge in [-0.15, -0.1) is 0 Å². The second-order valence-electron chi connectivity index (χ2n) is 9.63. The van der Waals surface area contributed by atoms with Gasteiger partial charge < -0.3 is 10.2 Å². The fourth-order valence-corrected chi connectivity index (χ4v) is 6.72. The van der Waals surface area contributed by atoms with Crippen molar-refractivity contribution in [2.45, 2.75) is 75.5 Å². The van der Waals surface area contributed by atoms with E-state index in [4.69, 9.17) is 0 Å². The van der Waals surface area contributed by atoms with Gasteiger partial charge >= 0.3 is 24.3 Å². The Morgan fingerprint density at radius 3 is 1.14 bits per heavy atom. The molecule has 0 saturated heterocycles. The van der Waals surface area contributed by atoms with E-state index in [-0.39, 0.29) is 21.6 Å². The maximum Gasteiger partial charge on any atom is 0.434 e. The highest BCUT2D eigenvalue weighted by Crippen LogP contribution is 2.51. The third-order valence-corrected chi connectivity index (χ3v) is 7.92. The molecule has 0 bridgehead atoms. The Hall–Kier alpha value is -2.76. The lowest BCUT2D eigenvalue weighted by molar-refractivity contribution is -0.144. The largest absolute Gasteiger partial charge is 0.478 e. The van der Waals surface area contributed by atoms with Gasteiger partial charge in [-0.1, -0.05) is 27.7 Å². The lowest BCUT2D eigenvalue weighted by Crippen LogP contribution is -2.21. The van der Waals surface area contributed by atoms with Crippen molar-refractivity contribution >= 4 is 33.5 Å². The minimum absolute atomic E-state index is 0.141. The number of halogens is 10. The first kappa shape index (κ1) is 35.4. The van der Waals surface area contributed by atoms with Crippen LogP contribution in [0.25, 0.3) is 0 Å². The van der Waals surface area contributed by atoms with Gasteiger partial charge in [0.1, 0.15) is 11.4 Å². The zero-order valence-electron chi connectivity index (χ0n) is 21.9. The maximum atomic E-state index is 14.1. The number of hydrogen-bond acceptors (Lipinski definition) is 6. The van der Waals surface area contributed by atoms with Crippen LogP contribution in [0, 0.1) is 11.8 Å². The molecule has 2 rings (SSSR count). The topological polar surface area (TPSA) is 100 Å². The van der Waals surface area contributed by atoms with E-state index in [9.17, 15) is 63.7 Å². The standard InChI is InChI=1S/C24H22F10N2O4S2/c1-7(2)5-9-11(21(37)38)13(19(25)26)35-17(23(29,30)31)15(9)41-42-16-10(6-8(3)4)12(22(39)40)14(20(27)28)36-18(16)24(32,33)34/h7-8,19-20H,5-6H2,1-4H3,(H,37,38)(H,39,40). The molecule has 0 atom stereocenters. The molecule has 42 heavy (non-hydrogen) atoms. The Bertz CT molecular complexity index is 1240. The quantitative estimate of drug-likeness (QED) is 0.183. The van der Waals surface area contributed by atoms with Crippen molar-refractivity contribution in [1.29, 1.82) is 0 Å². The Morgan fingerprint density at radius 1 is 0.667 bits per heavy atom. The fourth-order valence-electron chi connectivity index (χ4n) is 3.92. The summed E-state index contributed by atoms with van der Waals surface area (Å²) in [5.74, 6) is -5.42. The molecule has 6 nitrogen and oxygen atoms in total. The predicted octanol–water partition coefficient (Wildman–Crippen LogP) is 8.98. The first-order valence-electron chi connectivity index (χ1n) is 11.7. The number of aromatic nitrogens is 2. The summed E-state index contributed by atoms with van der Waals surface area (Å²) in [6.45, 7) is 5.66. The molecule has 0 saturated carbocycles. The summed E-state index contributed by atoms with van der Waals surface area (Å²) in [5.41, 5.74) is -11.5. The minimum Gasteiger partial charge on any atom is -0.478 e. The van der Waals surface area contributed by atoms with Crippen LogP contribution in [-0.4, -0.2) is 32.1 Å². The smallest absolute Gasteiger partial charge is 0.434 e. The highest BCUT2D eigenvalue weighted by Gasteiger charge is 2.43. The van der Waals surface area contributed by atoms with E-state index in [1.54, 1.807) is 0 Å². The molecule has 0 radical (unpaired) electrons. The normalized spacial score (nSPS) is 12.7. The zero-order valence-corrected chi connectivity index (χ0v) is 23.6. The molecule has 0 aromatic carbocycles. The summed E-state index contributed by atoms with van der Waals surface area (Å²) < 4.78 is 139. The SMILES string of the molecule is CC(C)Cc1c(SSc2c(C(F)(F)F)nc(C(F)F)c(C(=O)O)c2CC(C)C)c(C(F)(F)F)nc(C(F)F)c1C(=O)O. The molecule has 0 aliphatic heterocycles. The number of nitrogens with zero attached hydrogens (tertiary/aromatic N) is 2. The van der Waals surface area contributed by atoms with Crippen LogP contribution in [0.3, 0.4) is 0 Å². The number of alkyl halides is 10. The van der Waals surface area contributed by atoms with Crippen molar-refractivity contribution in [1.82, 2.24) is 9.97 Å². The van der Waals surface area contributed by atoms with Gasteiger partial charge in [0.15, 0.2) is 11.4 Å². The monoisotopic (exact) mass is 656 g/mol. The molecule has 18 heteroatoms. The second-order valence-corrected chi connectivity index (χ2v) is 11.8. The van der Waals surface area contributed by atoms with Crippen LogP contribution >= 0.6 is 21.6 Å². The first-order chi connectivity index (χ1) is 19.1. The minimum atomic E-state index is -5.49. The van der Waals surface area contributed by atoms with Crippen LogP contribution in [0.1, 0.15) is 95.2 Å². The van der Waals surface area contributed by atoms with E-state index in [0.29, 0.717) is 0 Å². The van der Waals surface area contributed by atoms with Crippen molar-refractivity contribution in [2.75, 3.05) is 0 Å². The van der Waals surface area contributed by atoms with Gasteiger partial charge in [0, 0.05) is 0 Å². The Balaban J connectivity index is 3.05. The molecule has 0 amide bonds. The van der Waals surface area contributed by atoms with Gasteiger partial charge in [0.05, 0.1) is 20.9 Å². The van der Waals surface area contributed by atoms with Crippen LogP contribution in [-0.2, 0) is 25.2 Å². The molecule has 0 unspecified atom stereocenters. The summed E-state index contributed by atoms with van der Waals surface area (Å²) in [6, 6.07) is 0. The van der Waals surface area contributed by atoms with Gasteiger partial charge in [-0.05, 0) is 57.4 Å². The van der Waals surface area contributed by atoms with Crippen LogP contribution in [0.15, 0.2) is 9.79 Å². The van der Waals surface area contributed by atoms with E-state index in [1.165, 1.54) is 27.7 Å². The number of hydrogen-bond donors (Lipinski definition) is 2. The average Bonchev–Trinajstić information content (AvgIpc) is 2.79. The third-order valence-electron chi connectivity index (χ3n) is 5.37. The summed E-state index contributed by atoms with van der Waals surface area (Å²) in [7, 11) is -0.281. The Morgan fingerprint density at radius 2 is 0.952 bits per heavy atom. The molecule has 0 fully saturated rings. The highest BCUT2D eigenvalue weighted by atomic mass is 33.1. The average molecular weight is 657 g/mol. The molecule has 2 aromatic heterocycles. The summed E-state index contributed by atoms with van der Waals surface area (Å²) in [4.78, 5) is 27.3. The summed E-state index contributed by atoms with van der Waals surface area (Å²) in [5, 5.41) is 19.2. The van der Waals surface area contributed by atoms with E-state index >= 15 is 0 Å². The number of aromatic carboxylic acids is 2. The number of carboxylic acid groups (broad SMARTS) is 2. The molecular formula is C24H22F10N2O4S2. The van der Waals surface area contributed by atoms with E-state index in [1.807, 2.05) is 0 Å². The molecular weight excluding hydrogens is 634 g/mol. The second kappa shape index (κ2) is 13.3. The van der Waals surface area contributed by atoms with Gasteiger partial charge in [0.2, 0.25) is 0 Å². The van der Waals surface area contributed by atoms with Gasteiger partial charge in [-0.2, -0.15) is 26.3 Å². The summed E-state index contributed by atoms with van der Waals surface area (Å²) in [6.07, 6.45) is -19.6. The van der Waals surface area contributed by atoms with Crippen molar-refractivity contribution < 1.29 is 63.7 Å². The van der Waals surface area contributed by atoms with Gasteiger partial charge in [0.25, 0.3) is 12.9 Å². The number of carbonyl (C=O) groups is 2. The van der Waals surface area contributed by atoms with Crippen LogP contribution in [0.2, 0.25) is 0 Å². The van der Waals surface area contributed by atoms with Crippen molar-refractivity contribution in [3.05, 3.63) is 45.0 Å².